The SMILES string of the molecule is C=C(S/C=C\C)C(=O)C(CCCCC(N)=NC)NC(=O)CN1CCN(S(=O)(=O)c2ccc3ccccc3c2)CC1=O. The van der Waals surface area contributed by atoms with Crippen molar-refractivity contribution < 1.29 is 22.8 Å². The highest BCUT2D eigenvalue weighted by molar-refractivity contribution is 8.06. The van der Waals surface area contributed by atoms with Crippen molar-refractivity contribution in [2.75, 3.05) is 33.2 Å². The first-order valence-electron chi connectivity index (χ1n) is 13.3. The van der Waals surface area contributed by atoms with Crippen LogP contribution in [0.3, 0.4) is 0 Å². The van der Waals surface area contributed by atoms with Gasteiger partial charge in [-0.15, -0.1) is 0 Å². The summed E-state index contributed by atoms with van der Waals surface area (Å²) in [7, 11) is -2.29. The van der Waals surface area contributed by atoms with Gasteiger partial charge in [-0.2, -0.15) is 4.31 Å². The smallest absolute Gasteiger partial charge is 0.243 e. The lowest BCUT2D eigenvalue weighted by Gasteiger charge is -2.33. The van der Waals surface area contributed by atoms with Crippen molar-refractivity contribution in [2.24, 2.45) is 10.7 Å². The molecule has 2 amide bonds. The Bertz CT molecular complexity index is 1450. The Balaban J connectivity index is 1.61. The predicted octanol–water partition coefficient (Wildman–Crippen LogP) is 3.05. The number of nitrogens with two attached hydrogens (primary N) is 1. The van der Waals surface area contributed by atoms with E-state index < -0.39 is 27.9 Å². The number of hydrogen-bond donors (Lipinski definition) is 2. The first kappa shape index (κ1) is 32.0. The van der Waals surface area contributed by atoms with E-state index in [9.17, 15) is 22.8 Å². The molecule has 1 unspecified atom stereocenters. The molecule has 0 radical (unpaired) electrons. The Morgan fingerprint density at radius 1 is 1.17 bits per heavy atom. The van der Waals surface area contributed by atoms with Crippen molar-refractivity contribution in [3.05, 3.63) is 65.4 Å². The zero-order chi connectivity index (χ0) is 30.0. The first-order valence-corrected chi connectivity index (χ1v) is 15.7. The number of carbonyl (C=O) groups excluding carboxylic acids is 3. The average molecular weight is 600 g/mol. The topological polar surface area (TPSA) is 142 Å². The monoisotopic (exact) mass is 599 g/mol. The molecule has 1 aliphatic heterocycles. The zero-order valence-electron chi connectivity index (χ0n) is 23.4. The maximum absolute atomic E-state index is 13.3. The van der Waals surface area contributed by atoms with Gasteiger partial charge in [-0.3, -0.25) is 19.4 Å². The summed E-state index contributed by atoms with van der Waals surface area (Å²) in [5.41, 5.74) is 5.75. The van der Waals surface area contributed by atoms with E-state index in [1.807, 2.05) is 31.2 Å². The van der Waals surface area contributed by atoms with Gasteiger partial charge in [-0.05, 0) is 48.1 Å². The van der Waals surface area contributed by atoms with Gasteiger partial charge in [0.1, 0.15) is 0 Å². The minimum absolute atomic E-state index is 0.0493. The third kappa shape index (κ3) is 8.75. The standard InChI is InChI=1S/C29H37N5O5S2/c1-4-17-40-21(2)29(37)25(11-7-8-12-26(30)31-3)32-27(35)19-33-15-16-34(20-28(33)36)41(38,39)24-14-13-22-9-5-6-10-23(22)18-24/h4-6,9-10,13-14,17-18,25H,2,7-8,11-12,15-16,19-20H2,1,3H3,(H2,30,31)(H,32,35)/b17-4-. The van der Waals surface area contributed by atoms with E-state index >= 15 is 0 Å². The van der Waals surface area contributed by atoms with Crippen molar-refractivity contribution in [1.29, 1.82) is 0 Å². The van der Waals surface area contributed by atoms with Gasteiger partial charge >= 0.3 is 0 Å². The van der Waals surface area contributed by atoms with Gasteiger partial charge in [0.15, 0.2) is 5.78 Å². The Morgan fingerprint density at radius 2 is 1.90 bits per heavy atom. The van der Waals surface area contributed by atoms with Crippen molar-refractivity contribution in [1.82, 2.24) is 14.5 Å². The highest BCUT2D eigenvalue weighted by Crippen LogP contribution is 2.23. The molecule has 0 spiro atoms. The summed E-state index contributed by atoms with van der Waals surface area (Å²) in [6.45, 7) is 5.11. The maximum Gasteiger partial charge on any atom is 0.243 e. The van der Waals surface area contributed by atoms with E-state index in [1.54, 1.807) is 30.7 Å². The molecule has 0 bridgehead atoms. The molecule has 0 aliphatic carbocycles. The Kier molecular flexibility index (Phi) is 11.7. The molecule has 3 N–H and O–H groups in total. The third-order valence-electron chi connectivity index (χ3n) is 6.71. The van der Waals surface area contributed by atoms with E-state index in [1.165, 1.54) is 22.7 Å². The van der Waals surface area contributed by atoms with Crippen molar-refractivity contribution in [3.8, 4) is 0 Å². The van der Waals surface area contributed by atoms with Gasteiger partial charge in [0.05, 0.1) is 29.9 Å². The molecule has 41 heavy (non-hydrogen) atoms. The Hall–Kier alpha value is -3.48. The Morgan fingerprint density at radius 3 is 2.59 bits per heavy atom. The third-order valence-corrected chi connectivity index (χ3v) is 9.45. The molecule has 0 saturated carbocycles. The van der Waals surface area contributed by atoms with E-state index in [0.29, 0.717) is 36.4 Å². The number of amidine groups is 1. The van der Waals surface area contributed by atoms with Gasteiger partial charge in [-0.1, -0.05) is 61.2 Å². The fourth-order valence-electron chi connectivity index (χ4n) is 4.39. The van der Waals surface area contributed by atoms with Crippen molar-refractivity contribution >= 4 is 56.0 Å². The largest absolute Gasteiger partial charge is 0.387 e. The summed E-state index contributed by atoms with van der Waals surface area (Å²) >= 11 is 1.18. The number of benzene rings is 2. The average Bonchev–Trinajstić information content (AvgIpc) is 2.97. The lowest BCUT2D eigenvalue weighted by Crippen LogP contribution is -2.55. The summed E-state index contributed by atoms with van der Waals surface area (Å²) < 4.78 is 27.7. The number of hydrogen-bond acceptors (Lipinski definition) is 7. The van der Waals surface area contributed by atoms with E-state index in [0.717, 1.165) is 15.1 Å². The summed E-state index contributed by atoms with van der Waals surface area (Å²) in [6.07, 6.45) is 4.07. The number of thioether (sulfide) groups is 1. The number of piperazine rings is 1. The van der Waals surface area contributed by atoms with Crippen LogP contribution in [0.4, 0.5) is 0 Å². The Labute approximate surface area is 245 Å². The second-order valence-corrected chi connectivity index (χ2v) is 12.6. The fraction of sp³-hybridized carbons (Fsp3) is 0.379. The van der Waals surface area contributed by atoms with Crippen LogP contribution in [-0.2, 0) is 24.4 Å². The number of aliphatic imine (C=N–C) groups is 1. The number of nitrogens with one attached hydrogen (secondary N) is 1. The van der Waals surface area contributed by atoms with Gasteiger partial charge in [0.25, 0.3) is 0 Å². The molecule has 220 valence electrons. The number of nitrogens with zero attached hydrogens (tertiary/aromatic N) is 3. The maximum atomic E-state index is 13.3. The van der Waals surface area contributed by atoms with Gasteiger partial charge in [-0.25, -0.2) is 8.42 Å². The molecule has 1 fully saturated rings. The molecule has 1 aliphatic rings. The van der Waals surface area contributed by atoms with Crippen LogP contribution in [0.1, 0.15) is 32.6 Å². The minimum Gasteiger partial charge on any atom is -0.387 e. The van der Waals surface area contributed by atoms with Gasteiger partial charge < -0.3 is 16.0 Å². The van der Waals surface area contributed by atoms with Crippen LogP contribution in [0.5, 0.6) is 0 Å². The zero-order valence-corrected chi connectivity index (χ0v) is 25.0. The van der Waals surface area contributed by atoms with Crippen LogP contribution in [0.25, 0.3) is 10.8 Å². The molecule has 12 heteroatoms. The van der Waals surface area contributed by atoms with Crippen molar-refractivity contribution in [2.45, 2.75) is 43.5 Å². The number of fused-ring (bicyclic) bond motifs is 1. The van der Waals surface area contributed by atoms with Crippen LogP contribution in [-0.4, -0.2) is 80.3 Å². The van der Waals surface area contributed by atoms with Gasteiger partial charge in [0, 0.05) is 31.5 Å². The second-order valence-electron chi connectivity index (χ2n) is 9.62. The summed E-state index contributed by atoms with van der Waals surface area (Å²) in [6, 6.07) is 11.5. The number of carbonyl (C=O) groups is 3. The molecule has 10 nitrogen and oxygen atoms in total. The highest BCUT2D eigenvalue weighted by Gasteiger charge is 2.34. The number of rotatable bonds is 14. The molecule has 2 aromatic carbocycles. The molecule has 2 aromatic rings. The fourth-order valence-corrected chi connectivity index (χ4v) is 6.36. The molecule has 0 aromatic heterocycles. The van der Waals surface area contributed by atoms with Crippen LogP contribution in [0.15, 0.2) is 75.3 Å². The summed E-state index contributed by atoms with van der Waals surface area (Å²) in [5, 5.41) is 6.19. The van der Waals surface area contributed by atoms with Crippen LogP contribution >= 0.6 is 11.8 Å². The lowest BCUT2D eigenvalue weighted by molar-refractivity contribution is -0.139. The summed E-state index contributed by atoms with van der Waals surface area (Å²) in [4.78, 5) is 44.5. The molecular weight excluding hydrogens is 562 g/mol. The van der Waals surface area contributed by atoms with E-state index in [-0.39, 0.29) is 36.9 Å². The molecule has 3 rings (SSSR count). The van der Waals surface area contributed by atoms with E-state index in [4.69, 9.17) is 5.73 Å². The van der Waals surface area contributed by atoms with Gasteiger partial charge in [0.2, 0.25) is 21.8 Å². The molecule has 1 saturated heterocycles. The summed E-state index contributed by atoms with van der Waals surface area (Å²) in [5.74, 6) is -0.761. The highest BCUT2D eigenvalue weighted by atomic mass is 32.2. The predicted molar refractivity (Wildman–Crippen MR) is 164 cm³/mol. The first-order chi connectivity index (χ1) is 19.6. The number of sulfonamides is 1. The number of ketones is 1. The van der Waals surface area contributed by atoms with Crippen molar-refractivity contribution in [3.63, 3.8) is 0 Å². The van der Waals surface area contributed by atoms with Crippen LogP contribution in [0.2, 0.25) is 0 Å². The number of unbranched alkanes of at least 4 members (excludes halogenated alkanes) is 1. The molecule has 1 heterocycles. The van der Waals surface area contributed by atoms with E-state index in [2.05, 4.69) is 16.9 Å². The van der Waals surface area contributed by atoms with Crippen LogP contribution < -0.4 is 11.1 Å². The number of Topliss-reactive ketones (excluding diaryl/α,β-unsaturated/α-hetero) is 1. The second kappa shape index (κ2) is 14.9. The molecular formula is C29H37N5O5S2. The van der Waals surface area contributed by atoms with Crippen LogP contribution in [0, 0.1) is 0 Å². The lowest BCUT2D eigenvalue weighted by atomic mass is 10.0. The molecule has 1 atom stereocenters. The number of allylic oxidation sites excluding steroid dienone is 1. The normalized spacial score (nSPS) is 15.8. The minimum atomic E-state index is -3.90. The number of amides is 2. The quantitative estimate of drug-likeness (QED) is 0.147.